The normalized spacial score (nSPS) is 15.5. The van der Waals surface area contributed by atoms with Crippen LogP contribution in [-0.4, -0.2) is 34.6 Å². The summed E-state index contributed by atoms with van der Waals surface area (Å²) in [7, 11) is 2.15. The highest BCUT2D eigenvalue weighted by molar-refractivity contribution is 7.19. The van der Waals surface area contributed by atoms with Crippen molar-refractivity contribution in [1.82, 2.24) is 14.5 Å². The fraction of sp³-hybridized carbons (Fsp3) is 0.333. The minimum Gasteiger partial charge on any atom is -0.306 e. The summed E-state index contributed by atoms with van der Waals surface area (Å²) in [6.07, 6.45) is 1.93. The van der Waals surface area contributed by atoms with E-state index in [4.69, 9.17) is 4.98 Å². The van der Waals surface area contributed by atoms with Crippen LogP contribution in [0.1, 0.15) is 34.9 Å². The van der Waals surface area contributed by atoms with Gasteiger partial charge in [0, 0.05) is 22.0 Å². The van der Waals surface area contributed by atoms with Gasteiger partial charge in [-0.1, -0.05) is 59.7 Å². The van der Waals surface area contributed by atoms with E-state index in [0.717, 1.165) is 63.5 Å². The van der Waals surface area contributed by atoms with Crippen molar-refractivity contribution in [2.75, 3.05) is 20.1 Å². The van der Waals surface area contributed by atoms with E-state index in [1.165, 1.54) is 11.1 Å². The summed E-state index contributed by atoms with van der Waals surface area (Å²) in [5.41, 5.74) is 5.67. The molecular formula is C27H29N3OS. The summed E-state index contributed by atoms with van der Waals surface area (Å²) in [6, 6.07) is 17.0. The van der Waals surface area contributed by atoms with Crippen molar-refractivity contribution in [2.45, 2.75) is 39.7 Å². The lowest BCUT2D eigenvalue weighted by Gasteiger charge is -2.31. The largest absolute Gasteiger partial charge is 0.306 e. The Morgan fingerprint density at radius 3 is 2.03 bits per heavy atom. The number of likely N-dealkylation sites (tertiary alicyclic amines) is 1. The van der Waals surface area contributed by atoms with Crippen molar-refractivity contribution in [3.8, 4) is 22.5 Å². The van der Waals surface area contributed by atoms with Crippen LogP contribution in [0.3, 0.4) is 0 Å². The average molecular weight is 444 g/mol. The van der Waals surface area contributed by atoms with Crippen LogP contribution in [0.5, 0.6) is 0 Å². The summed E-state index contributed by atoms with van der Waals surface area (Å²) >= 11 is 1.63. The monoisotopic (exact) mass is 443 g/mol. The van der Waals surface area contributed by atoms with E-state index in [9.17, 15) is 4.79 Å². The molecule has 2 aromatic heterocycles. The van der Waals surface area contributed by atoms with Gasteiger partial charge in [-0.15, -0.1) is 11.3 Å². The van der Waals surface area contributed by atoms with Gasteiger partial charge in [0.25, 0.3) is 5.56 Å². The molecule has 0 amide bonds. The Bertz CT molecular complexity index is 1320. The van der Waals surface area contributed by atoms with Gasteiger partial charge in [-0.25, -0.2) is 4.98 Å². The number of hydrogen-bond acceptors (Lipinski definition) is 4. The number of rotatable bonds is 3. The van der Waals surface area contributed by atoms with Gasteiger partial charge in [0.1, 0.15) is 10.7 Å². The Labute approximate surface area is 193 Å². The van der Waals surface area contributed by atoms with Crippen LogP contribution in [0.2, 0.25) is 0 Å². The molecule has 0 unspecified atom stereocenters. The zero-order valence-electron chi connectivity index (χ0n) is 19.2. The van der Waals surface area contributed by atoms with Gasteiger partial charge >= 0.3 is 0 Å². The molecule has 1 saturated heterocycles. The predicted octanol–water partition coefficient (Wildman–Crippen LogP) is 5.98. The van der Waals surface area contributed by atoms with Crippen molar-refractivity contribution in [2.24, 2.45) is 0 Å². The van der Waals surface area contributed by atoms with Crippen LogP contribution in [0.4, 0.5) is 0 Å². The summed E-state index contributed by atoms with van der Waals surface area (Å²) in [4.78, 5) is 23.6. The molecule has 164 valence electrons. The number of thiophene rings is 1. The highest BCUT2D eigenvalue weighted by Crippen LogP contribution is 2.38. The van der Waals surface area contributed by atoms with Gasteiger partial charge in [0.15, 0.2) is 0 Å². The molecule has 1 aliphatic rings. The third-order valence-electron chi connectivity index (χ3n) is 6.64. The van der Waals surface area contributed by atoms with Gasteiger partial charge in [-0.3, -0.25) is 9.36 Å². The van der Waals surface area contributed by atoms with E-state index in [-0.39, 0.29) is 11.6 Å². The van der Waals surface area contributed by atoms with Crippen molar-refractivity contribution in [3.63, 3.8) is 0 Å². The maximum Gasteiger partial charge on any atom is 0.263 e. The summed E-state index contributed by atoms with van der Waals surface area (Å²) in [6.45, 7) is 8.27. The fourth-order valence-corrected chi connectivity index (χ4v) is 5.78. The second-order valence-electron chi connectivity index (χ2n) is 9.09. The molecule has 5 heteroatoms. The first-order valence-electron chi connectivity index (χ1n) is 11.3. The van der Waals surface area contributed by atoms with Crippen molar-refractivity contribution >= 4 is 21.6 Å². The standard InChI is InChI=1S/C27H29N3OS/c1-17-5-9-20(10-6-17)23-19(3)32-26-24(23)27(31)30(22-13-15-29(4)16-14-22)25(28-26)21-11-7-18(2)8-12-21/h5-12,22H,13-16H2,1-4H3. The molecule has 0 N–H and O–H groups in total. The third-order valence-corrected chi connectivity index (χ3v) is 7.64. The molecule has 0 aliphatic carbocycles. The average Bonchev–Trinajstić information content (AvgIpc) is 3.12. The van der Waals surface area contributed by atoms with Crippen LogP contribution in [-0.2, 0) is 0 Å². The van der Waals surface area contributed by atoms with E-state index in [1.807, 2.05) is 4.57 Å². The molecule has 0 saturated carbocycles. The SMILES string of the molecule is Cc1ccc(-c2c(C)sc3nc(-c4ccc(C)cc4)n(C4CCN(C)CC4)c(=O)c23)cc1. The smallest absolute Gasteiger partial charge is 0.263 e. The van der Waals surface area contributed by atoms with E-state index in [2.05, 4.69) is 81.2 Å². The van der Waals surface area contributed by atoms with Crippen LogP contribution in [0.25, 0.3) is 32.7 Å². The molecule has 1 aliphatic heterocycles. The molecule has 4 aromatic rings. The van der Waals surface area contributed by atoms with E-state index < -0.39 is 0 Å². The Morgan fingerprint density at radius 2 is 1.44 bits per heavy atom. The second kappa shape index (κ2) is 8.30. The fourth-order valence-electron chi connectivity index (χ4n) is 4.74. The van der Waals surface area contributed by atoms with Gasteiger partial charge in [0.2, 0.25) is 0 Å². The van der Waals surface area contributed by atoms with E-state index >= 15 is 0 Å². The Morgan fingerprint density at radius 1 is 0.875 bits per heavy atom. The van der Waals surface area contributed by atoms with Crippen molar-refractivity contribution in [3.05, 3.63) is 74.9 Å². The summed E-state index contributed by atoms with van der Waals surface area (Å²) in [5.74, 6) is 0.800. The Hall–Kier alpha value is -2.76. The van der Waals surface area contributed by atoms with Crippen LogP contribution in [0, 0.1) is 20.8 Å². The topological polar surface area (TPSA) is 38.1 Å². The number of aryl methyl sites for hydroxylation is 3. The van der Waals surface area contributed by atoms with Gasteiger partial charge in [0.05, 0.1) is 5.39 Å². The first-order valence-corrected chi connectivity index (χ1v) is 12.1. The van der Waals surface area contributed by atoms with Crippen LogP contribution in [0.15, 0.2) is 53.3 Å². The minimum absolute atomic E-state index is 0.0973. The lowest BCUT2D eigenvalue weighted by molar-refractivity contribution is 0.219. The predicted molar refractivity (Wildman–Crippen MR) is 135 cm³/mol. The second-order valence-corrected chi connectivity index (χ2v) is 10.3. The zero-order valence-corrected chi connectivity index (χ0v) is 20.0. The first-order chi connectivity index (χ1) is 15.4. The number of fused-ring (bicyclic) bond motifs is 1. The van der Waals surface area contributed by atoms with Crippen LogP contribution >= 0.6 is 11.3 Å². The van der Waals surface area contributed by atoms with Gasteiger partial charge in [-0.2, -0.15) is 0 Å². The Kier molecular flexibility index (Phi) is 5.48. The quantitative estimate of drug-likeness (QED) is 0.391. The highest BCUT2D eigenvalue weighted by atomic mass is 32.1. The number of aromatic nitrogens is 2. The molecule has 5 rings (SSSR count). The van der Waals surface area contributed by atoms with Crippen LogP contribution < -0.4 is 5.56 Å². The summed E-state index contributed by atoms with van der Waals surface area (Å²) in [5, 5.41) is 0.770. The lowest BCUT2D eigenvalue weighted by Crippen LogP contribution is -2.36. The molecule has 4 nitrogen and oxygen atoms in total. The lowest BCUT2D eigenvalue weighted by atomic mass is 10.0. The summed E-state index contributed by atoms with van der Waals surface area (Å²) < 4.78 is 2.00. The molecule has 32 heavy (non-hydrogen) atoms. The maximum atomic E-state index is 14.2. The number of nitrogens with zero attached hydrogens (tertiary/aromatic N) is 3. The maximum absolute atomic E-state index is 14.2. The van der Waals surface area contributed by atoms with Gasteiger partial charge < -0.3 is 4.90 Å². The van der Waals surface area contributed by atoms with E-state index in [1.54, 1.807) is 11.3 Å². The number of hydrogen-bond donors (Lipinski definition) is 0. The van der Waals surface area contributed by atoms with E-state index in [0.29, 0.717) is 0 Å². The molecule has 2 aromatic carbocycles. The molecular weight excluding hydrogens is 414 g/mol. The zero-order chi connectivity index (χ0) is 22.4. The Balaban J connectivity index is 1.78. The third kappa shape index (κ3) is 3.70. The molecule has 0 atom stereocenters. The molecule has 1 fully saturated rings. The van der Waals surface area contributed by atoms with Gasteiger partial charge in [-0.05, 0) is 59.3 Å². The number of piperidine rings is 1. The molecule has 0 spiro atoms. The van der Waals surface area contributed by atoms with Crippen molar-refractivity contribution in [1.29, 1.82) is 0 Å². The molecule has 0 bridgehead atoms. The molecule has 0 radical (unpaired) electrons. The number of benzene rings is 2. The minimum atomic E-state index is 0.0973. The first kappa shape index (κ1) is 21.1. The van der Waals surface area contributed by atoms with Crippen molar-refractivity contribution < 1.29 is 0 Å². The molecule has 3 heterocycles. The highest BCUT2D eigenvalue weighted by Gasteiger charge is 2.26.